The summed E-state index contributed by atoms with van der Waals surface area (Å²) in [4.78, 5) is 0. The van der Waals surface area contributed by atoms with Crippen LogP contribution in [0.2, 0.25) is 0 Å². The van der Waals surface area contributed by atoms with Crippen LogP contribution in [0.15, 0.2) is 22.8 Å². The largest absolute Gasteiger partial charge is 0.356 e. The number of benzene rings is 1. The van der Waals surface area contributed by atoms with E-state index in [1.54, 1.807) is 0 Å². The number of rotatable bonds is 2. The Morgan fingerprint density at radius 1 is 1.45 bits per heavy atom. The summed E-state index contributed by atoms with van der Waals surface area (Å²) in [5.41, 5.74) is 3.62. The number of fused-ring (bicyclic) bond motifs is 1. The van der Waals surface area contributed by atoms with Crippen LogP contribution >= 0.6 is 15.9 Å². The Kier molecular flexibility index (Phi) is 3.94. The van der Waals surface area contributed by atoms with Gasteiger partial charge in [0.1, 0.15) is 0 Å². The molecule has 0 aliphatic carbocycles. The first-order valence-corrected chi connectivity index (χ1v) is 7.92. The van der Waals surface area contributed by atoms with Crippen molar-refractivity contribution in [1.29, 1.82) is 0 Å². The van der Waals surface area contributed by atoms with Gasteiger partial charge in [-0.2, -0.15) is 5.10 Å². The molecule has 1 aromatic carbocycles. The van der Waals surface area contributed by atoms with Gasteiger partial charge in [0.15, 0.2) is 6.23 Å². The van der Waals surface area contributed by atoms with Gasteiger partial charge in [0.2, 0.25) is 0 Å². The van der Waals surface area contributed by atoms with Crippen molar-refractivity contribution in [2.45, 2.75) is 39.3 Å². The molecule has 4 heteroatoms. The number of halogens is 1. The maximum Gasteiger partial charge on any atom is 0.150 e. The summed E-state index contributed by atoms with van der Waals surface area (Å²) in [6, 6.07) is 2.21. The summed E-state index contributed by atoms with van der Waals surface area (Å²) >= 11 is 3.73. The second kappa shape index (κ2) is 5.70. The molecule has 1 aromatic heterocycles. The lowest BCUT2D eigenvalue weighted by Crippen LogP contribution is -2.19. The standard InChI is InChI=1S/C16H19BrN2O/c1-3-6-12-11(2)9-14-13(16(12)17)10-18-19(14)15-7-4-5-8-20-15/h3,6,9-10,15H,4-5,7-8H2,1-2H3/b6-3-. The predicted octanol–water partition coefficient (Wildman–Crippen LogP) is 4.84. The summed E-state index contributed by atoms with van der Waals surface area (Å²) in [5.74, 6) is 0. The van der Waals surface area contributed by atoms with Crippen molar-refractivity contribution in [1.82, 2.24) is 9.78 Å². The normalized spacial score (nSPS) is 20.1. The molecule has 0 amide bonds. The first kappa shape index (κ1) is 13.8. The van der Waals surface area contributed by atoms with Crippen molar-refractivity contribution >= 4 is 32.9 Å². The first-order valence-electron chi connectivity index (χ1n) is 7.13. The molecule has 1 unspecified atom stereocenters. The summed E-state index contributed by atoms with van der Waals surface area (Å²) in [7, 11) is 0. The molecule has 0 spiro atoms. The van der Waals surface area contributed by atoms with E-state index in [4.69, 9.17) is 4.74 Å². The van der Waals surface area contributed by atoms with Gasteiger partial charge in [-0.05, 0) is 66.2 Å². The fourth-order valence-electron chi connectivity index (χ4n) is 2.80. The van der Waals surface area contributed by atoms with Crippen molar-refractivity contribution in [2.75, 3.05) is 6.61 Å². The lowest BCUT2D eigenvalue weighted by molar-refractivity contribution is -0.0366. The SMILES string of the molecule is C/C=C\c1c(C)cc2c(cnn2C2CCCCO2)c1Br. The fourth-order valence-corrected chi connectivity index (χ4v) is 3.55. The zero-order valence-corrected chi connectivity index (χ0v) is 13.5. The highest BCUT2D eigenvalue weighted by Crippen LogP contribution is 2.34. The van der Waals surface area contributed by atoms with Crippen LogP contribution in [-0.2, 0) is 4.74 Å². The van der Waals surface area contributed by atoms with E-state index in [9.17, 15) is 0 Å². The second-order valence-corrected chi connectivity index (χ2v) is 6.06. The summed E-state index contributed by atoms with van der Waals surface area (Å²) in [6.45, 7) is 5.01. The summed E-state index contributed by atoms with van der Waals surface area (Å²) < 4.78 is 9.01. The molecule has 1 fully saturated rings. The molecular formula is C16H19BrN2O. The third kappa shape index (κ3) is 2.31. The van der Waals surface area contributed by atoms with Gasteiger partial charge in [0, 0.05) is 16.5 Å². The van der Waals surface area contributed by atoms with Crippen molar-refractivity contribution in [3.63, 3.8) is 0 Å². The van der Waals surface area contributed by atoms with Gasteiger partial charge >= 0.3 is 0 Å². The highest BCUT2D eigenvalue weighted by molar-refractivity contribution is 9.10. The van der Waals surface area contributed by atoms with Gasteiger partial charge in [0.05, 0.1) is 11.7 Å². The van der Waals surface area contributed by atoms with E-state index in [0.717, 1.165) is 34.8 Å². The van der Waals surface area contributed by atoms with Gasteiger partial charge in [-0.3, -0.25) is 0 Å². The Labute approximate surface area is 127 Å². The molecule has 1 atom stereocenters. The molecule has 1 aliphatic heterocycles. The Morgan fingerprint density at radius 2 is 2.30 bits per heavy atom. The smallest absolute Gasteiger partial charge is 0.150 e. The minimum Gasteiger partial charge on any atom is -0.356 e. The van der Waals surface area contributed by atoms with Gasteiger partial charge < -0.3 is 4.74 Å². The zero-order chi connectivity index (χ0) is 14.1. The summed E-state index contributed by atoms with van der Waals surface area (Å²) in [6.07, 6.45) is 9.63. The lowest BCUT2D eigenvalue weighted by Gasteiger charge is -2.23. The quantitative estimate of drug-likeness (QED) is 0.785. The number of aryl methyl sites for hydroxylation is 1. The Bertz CT molecular complexity index is 654. The van der Waals surface area contributed by atoms with Crippen LogP contribution in [0.25, 0.3) is 17.0 Å². The molecule has 0 bridgehead atoms. The molecule has 20 heavy (non-hydrogen) atoms. The van der Waals surface area contributed by atoms with E-state index < -0.39 is 0 Å². The van der Waals surface area contributed by atoms with Crippen LogP contribution in [0.1, 0.15) is 43.5 Å². The summed E-state index contributed by atoms with van der Waals surface area (Å²) in [5, 5.41) is 5.71. The van der Waals surface area contributed by atoms with Crippen molar-refractivity contribution in [3.05, 3.63) is 33.9 Å². The van der Waals surface area contributed by atoms with Crippen LogP contribution in [0, 0.1) is 6.92 Å². The molecule has 2 aromatic rings. The third-order valence-corrected chi connectivity index (χ3v) is 4.70. The average molecular weight is 335 g/mol. The van der Waals surface area contributed by atoms with Crippen molar-refractivity contribution in [2.24, 2.45) is 0 Å². The van der Waals surface area contributed by atoms with Crippen LogP contribution in [-0.4, -0.2) is 16.4 Å². The fraction of sp³-hybridized carbons (Fsp3) is 0.438. The van der Waals surface area contributed by atoms with Crippen LogP contribution < -0.4 is 0 Å². The van der Waals surface area contributed by atoms with Gasteiger partial charge in [0.25, 0.3) is 0 Å². The Morgan fingerprint density at radius 3 is 3.00 bits per heavy atom. The molecule has 0 saturated carbocycles. The zero-order valence-electron chi connectivity index (χ0n) is 11.9. The monoisotopic (exact) mass is 334 g/mol. The average Bonchev–Trinajstić information content (AvgIpc) is 2.88. The molecule has 106 valence electrons. The van der Waals surface area contributed by atoms with Crippen LogP contribution in [0.3, 0.4) is 0 Å². The molecule has 0 radical (unpaired) electrons. The number of hydrogen-bond acceptors (Lipinski definition) is 2. The minimum absolute atomic E-state index is 0.0834. The van der Waals surface area contributed by atoms with E-state index in [-0.39, 0.29) is 6.23 Å². The third-order valence-electron chi connectivity index (χ3n) is 3.85. The first-order chi connectivity index (χ1) is 9.72. The van der Waals surface area contributed by atoms with E-state index in [1.807, 2.05) is 17.8 Å². The number of hydrogen-bond donors (Lipinski definition) is 0. The van der Waals surface area contributed by atoms with E-state index in [2.05, 4.69) is 46.2 Å². The maximum atomic E-state index is 5.86. The topological polar surface area (TPSA) is 27.1 Å². The molecule has 1 saturated heterocycles. The predicted molar refractivity (Wildman–Crippen MR) is 85.7 cm³/mol. The van der Waals surface area contributed by atoms with E-state index in [1.165, 1.54) is 17.5 Å². The molecule has 0 N–H and O–H groups in total. The second-order valence-electron chi connectivity index (χ2n) is 5.26. The number of allylic oxidation sites excluding steroid dienone is 1. The lowest BCUT2D eigenvalue weighted by atomic mass is 10.1. The maximum absolute atomic E-state index is 5.86. The molecule has 1 aliphatic rings. The van der Waals surface area contributed by atoms with Crippen LogP contribution in [0.5, 0.6) is 0 Å². The molecule has 3 nitrogen and oxygen atoms in total. The number of ether oxygens (including phenoxy) is 1. The highest BCUT2D eigenvalue weighted by atomic mass is 79.9. The molecule has 2 heterocycles. The van der Waals surface area contributed by atoms with Crippen molar-refractivity contribution < 1.29 is 4.74 Å². The van der Waals surface area contributed by atoms with E-state index in [0.29, 0.717) is 0 Å². The number of nitrogens with zero attached hydrogens (tertiary/aromatic N) is 2. The van der Waals surface area contributed by atoms with Gasteiger partial charge in [-0.1, -0.05) is 12.2 Å². The molecule has 3 rings (SSSR count). The minimum atomic E-state index is 0.0834. The van der Waals surface area contributed by atoms with Gasteiger partial charge in [-0.15, -0.1) is 0 Å². The van der Waals surface area contributed by atoms with Crippen LogP contribution in [0.4, 0.5) is 0 Å². The molecular weight excluding hydrogens is 316 g/mol. The Balaban J connectivity index is 2.13. The van der Waals surface area contributed by atoms with Gasteiger partial charge in [-0.25, -0.2) is 4.68 Å². The highest BCUT2D eigenvalue weighted by Gasteiger charge is 2.20. The van der Waals surface area contributed by atoms with Crippen molar-refractivity contribution in [3.8, 4) is 0 Å². The van der Waals surface area contributed by atoms with E-state index >= 15 is 0 Å². The Hall–Kier alpha value is -1.13. The number of aromatic nitrogens is 2.